The molecule has 0 fully saturated rings. The lowest BCUT2D eigenvalue weighted by Crippen LogP contribution is -1.99. The van der Waals surface area contributed by atoms with E-state index in [-0.39, 0.29) is 11.5 Å². The van der Waals surface area contributed by atoms with Crippen molar-refractivity contribution in [2.45, 2.75) is 0 Å². The second kappa shape index (κ2) is 10.7. The van der Waals surface area contributed by atoms with Crippen LogP contribution in [0.2, 0.25) is 0 Å². The molecule has 0 radical (unpaired) electrons. The van der Waals surface area contributed by atoms with Gasteiger partial charge in [-0.25, -0.2) is 0 Å². The molecule has 0 bridgehead atoms. The first-order chi connectivity index (χ1) is 10.3. The third-order valence-electron chi connectivity index (χ3n) is 2.10. The van der Waals surface area contributed by atoms with Gasteiger partial charge in [0.2, 0.25) is 0 Å². The molecule has 122 valence electrons. The minimum absolute atomic E-state index is 0.175. The van der Waals surface area contributed by atoms with Crippen molar-refractivity contribution in [2.24, 2.45) is 0 Å². The summed E-state index contributed by atoms with van der Waals surface area (Å²) in [5.41, 5.74) is 1.29. The fourth-order valence-corrected chi connectivity index (χ4v) is 1.40. The molecular weight excluding hydrogens is 276 g/mol. The highest BCUT2D eigenvalue weighted by Gasteiger charge is 2.06. The Labute approximate surface area is 134 Å². The lowest BCUT2D eigenvalue weighted by molar-refractivity contribution is 0.469. The lowest BCUT2D eigenvalue weighted by Gasteiger charge is -2.05. The van der Waals surface area contributed by atoms with Gasteiger partial charge >= 0.3 is 0 Å². The molecule has 0 atom stereocenters. The van der Waals surface area contributed by atoms with Crippen molar-refractivity contribution < 1.29 is 10.2 Å². The smallest absolute Gasteiger partial charge is 0.123 e. The fourth-order valence-electron chi connectivity index (χ4n) is 1.40. The highest BCUT2D eigenvalue weighted by molar-refractivity contribution is 5.74. The van der Waals surface area contributed by atoms with Gasteiger partial charge in [0, 0.05) is 11.1 Å². The van der Waals surface area contributed by atoms with Crippen molar-refractivity contribution in [3.8, 4) is 22.6 Å². The van der Waals surface area contributed by atoms with Crippen molar-refractivity contribution >= 4 is 0 Å². The van der Waals surface area contributed by atoms with Crippen LogP contribution in [-0.2, 0) is 0 Å². The third-order valence-corrected chi connectivity index (χ3v) is 2.10. The predicted molar refractivity (Wildman–Crippen MR) is 94.4 cm³/mol. The zero-order chi connectivity index (χ0) is 17.1. The van der Waals surface area contributed by atoms with Gasteiger partial charge in [-0.2, -0.15) is 0 Å². The Hall–Kier alpha value is -2.04. The van der Waals surface area contributed by atoms with Crippen molar-refractivity contribution in [2.75, 3.05) is 42.3 Å². The number of nitrogens with zero attached hydrogens (tertiary/aromatic N) is 2. The molecule has 0 unspecified atom stereocenters. The molecule has 0 saturated heterocycles. The average Bonchev–Trinajstić information content (AvgIpc) is 2.39. The monoisotopic (exact) mass is 304 g/mol. The number of hydrogen-bond donors (Lipinski definition) is 2. The van der Waals surface area contributed by atoms with Crippen molar-refractivity contribution in [1.29, 1.82) is 0 Å². The summed E-state index contributed by atoms with van der Waals surface area (Å²) < 4.78 is 0. The van der Waals surface area contributed by atoms with E-state index >= 15 is 0 Å². The molecule has 0 aliphatic carbocycles. The van der Waals surface area contributed by atoms with E-state index in [9.17, 15) is 10.2 Å². The minimum atomic E-state index is 0.175. The van der Waals surface area contributed by atoms with Crippen LogP contribution in [-0.4, -0.2) is 62.3 Å². The van der Waals surface area contributed by atoms with Crippen LogP contribution >= 0.6 is 0 Å². The van der Waals surface area contributed by atoms with E-state index in [1.165, 1.54) is 0 Å². The molecule has 0 heterocycles. The van der Waals surface area contributed by atoms with Crippen LogP contribution in [0.5, 0.6) is 11.5 Å². The second-order valence-corrected chi connectivity index (χ2v) is 5.72. The highest BCUT2D eigenvalue weighted by atomic mass is 16.3. The summed E-state index contributed by atoms with van der Waals surface area (Å²) in [5.74, 6) is 0.350. The van der Waals surface area contributed by atoms with Crippen LogP contribution in [0.15, 0.2) is 48.5 Å². The van der Waals surface area contributed by atoms with E-state index in [1.54, 1.807) is 36.4 Å². The molecule has 0 aliphatic rings. The highest BCUT2D eigenvalue weighted by Crippen LogP contribution is 2.34. The Morgan fingerprint density at radius 2 is 0.773 bits per heavy atom. The normalized spacial score (nSPS) is 9.64. The van der Waals surface area contributed by atoms with E-state index in [1.807, 2.05) is 64.2 Å². The Kier molecular flexibility index (Phi) is 9.67. The molecule has 0 aromatic heterocycles. The molecule has 0 amide bonds. The maximum atomic E-state index is 9.58. The Morgan fingerprint density at radius 3 is 1.00 bits per heavy atom. The minimum Gasteiger partial charge on any atom is -0.507 e. The Morgan fingerprint density at radius 1 is 0.545 bits per heavy atom. The lowest BCUT2D eigenvalue weighted by atomic mass is 10.0. The van der Waals surface area contributed by atoms with Crippen molar-refractivity contribution in [1.82, 2.24) is 9.80 Å². The van der Waals surface area contributed by atoms with Gasteiger partial charge < -0.3 is 20.0 Å². The summed E-state index contributed by atoms with van der Waals surface area (Å²) in [4.78, 5) is 4.00. The van der Waals surface area contributed by atoms with Gasteiger partial charge in [-0.05, 0) is 54.4 Å². The molecule has 0 aliphatic heterocycles. The molecule has 0 spiro atoms. The van der Waals surface area contributed by atoms with Crippen LogP contribution in [0, 0.1) is 0 Å². The molecular formula is C18H28N2O2. The topological polar surface area (TPSA) is 46.9 Å². The van der Waals surface area contributed by atoms with Crippen molar-refractivity contribution in [3.63, 3.8) is 0 Å². The summed E-state index contributed by atoms with van der Waals surface area (Å²) in [6.45, 7) is 0. The maximum absolute atomic E-state index is 9.58. The van der Waals surface area contributed by atoms with Gasteiger partial charge in [0.05, 0.1) is 0 Å². The van der Waals surface area contributed by atoms with Crippen LogP contribution in [0.4, 0.5) is 0 Å². The number of rotatable bonds is 1. The van der Waals surface area contributed by atoms with Gasteiger partial charge in [-0.3, -0.25) is 0 Å². The van der Waals surface area contributed by atoms with Gasteiger partial charge in [0.25, 0.3) is 0 Å². The standard InChI is InChI=1S/C12H10O2.2C3H9N/c13-11-7-3-1-5-9(11)10-6-2-4-8-12(10)14;2*1-4(2)3/h1-8,13-14H;2*1-3H3. The first kappa shape index (κ1) is 20.0. The summed E-state index contributed by atoms with van der Waals surface area (Å²) >= 11 is 0. The summed E-state index contributed by atoms with van der Waals surface area (Å²) in [6.07, 6.45) is 0. The number of phenols is 2. The Balaban J connectivity index is 0.000000464. The number of aromatic hydroxyl groups is 2. The maximum Gasteiger partial charge on any atom is 0.123 e. The molecule has 4 heteroatoms. The second-order valence-electron chi connectivity index (χ2n) is 5.72. The van der Waals surface area contributed by atoms with Crippen molar-refractivity contribution in [3.05, 3.63) is 48.5 Å². The van der Waals surface area contributed by atoms with E-state index in [0.717, 1.165) is 0 Å². The zero-order valence-corrected chi connectivity index (χ0v) is 14.4. The summed E-state index contributed by atoms with van der Waals surface area (Å²) in [6, 6.07) is 13.9. The fraction of sp³-hybridized carbons (Fsp3) is 0.333. The molecule has 2 rings (SSSR count). The largest absolute Gasteiger partial charge is 0.507 e. The van der Waals surface area contributed by atoms with E-state index in [0.29, 0.717) is 11.1 Å². The molecule has 2 aromatic carbocycles. The third kappa shape index (κ3) is 9.00. The number of hydrogen-bond acceptors (Lipinski definition) is 4. The molecule has 22 heavy (non-hydrogen) atoms. The number of phenolic OH excluding ortho intramolecular Hbond substituents is 2. The van der Waals surface area contributed by atoms with Crippen LogP contribution in [0.25, 0.3) is 11.1 Å². The van der Waals surface area contributed by atoms with Crippen LogP contribution in [0.3, 0.4) is 0 Å². The number of benzene rings is 2. The van der Waals surface area contributed by atoms with E-state index < -0.39 is 0 Å². The molecule has 0 saturated carbocycles. The first-order valence-corrected chi connectivity index (χ1v) is 7.04. The van der Waals surface area contributed by atoms with Gasteiger partial charge in [-0.1, -0.05) is 36.4 Å². The van der Waals surface area contributed by atoms with Gasteiger partial charge in [0.15, 0.2) is 0 Å². The Bertz CT molecular complexity index is 485. The quantitative estimate of drug-likeness (QED) is 0.850. The van der Waals surface area contributed by atoms with E-state index in [2.05, 4.69) is 0 Å². The molecule has 4 nitrogen and oxygen atoms in total. The SMILES string of the molecule is CN(C)C.CN(C)C.Oc1ccccc1-c1ccccc1O. The first-order valence-electron chi connectivity index (χ1n) is 7.04. The molecule has 2 aromatic rings. The molecule has 2 N–H and O–H groups in total. The zero-order valence-electron chi connectivity index (χ0n) is 14.4. The number of para-hydroxylation sites is 2. The van der Waals surface area contributed by atoms with Gasteiger partial charge in [0.1, 0.15) is 11.5 Å². The van der Waals surface area contributed by atoms with Gasteiger partial charge in [-0.15, -0.1) is 0 Å². The van der Waals surface area contributed by atoms with E-state index in [4.69, 9.17) is 0 Å². The van der Waals surface area contributed by atoms with Crippen LogP contribution < -0.4 is 0 Å². The van der Waals surface area contributed by atoms with Crippen LogP contribution in [0.1, 0.15) is 0 Å². The summed E-state index contributed by atoms with van der Waals surface area (Å²) in [5, 5.41) is 19.2. The average molecular weight is 304 g/mol. The summed E-state index contributed by atoms with van der Waals surface area (Å²) in [7, 11) is 12.0. The predicted octanol–water partition coefficient (Wildman–Crippen LogP) is 3.12.